The van der Waals surface area contributed by atoms with Crippen molar-refractivity contribution in [2.45, 2.75) is 12.8 Å². The second-order valence-electron chi connectivity index (χ2n) is 5.43. The van der Waals surface area contributed by atoms with E-state index in [0.29, 0.717) is 42.1 Å². The number of amides is 2. The number of carbonyl (C=O) groups is 2. The third-order valence-corrected chi connectivity index (χ3v) is 4.70. The number of halogens is 1. The topological polar surface area (TPSA) is 89.2 Å². The number of aromatic nitrogens is 2. The van der Waals surface area contributed by atoms with Gasteiger partial charge in [-0.2, -0.15) is 0 Å². The first-order valence-electron chi connectivity index (χ1n) is 7.23. The van der Waals surface area contributed by atoms with Crippen LogP contribution < -0.4 is 5.73 Å². The molecule has 0 aliphatic carbocycles. The molecule has 23 heavy (non-hydrogen) atoms. The molecule has 0 unspecified atom stereocenters. The lowest BCUT2D eigenvalue weighted by atomic mass is 9.96. The molecule has 0 bridgehead atoms. The summed E-state index contributed by atoms with van der Waals surface area (Å²) in [6.07, 6.45) is 1.14. The fourth-order valence-corrected chi connectivity index (χ4v) is 3.29. The van der Waals surface area contributed by atoms with Gasteiger partial charge in [0.05, 0.1) is 0 Å². The van der Waals surface area contributed by atoms with Crippen LogP contribution in [0.2, 0.25) is 0 Å². The van der Waals surface area contributed by atoms with Crippen LogP contribution in [0.5, 0.6) is 0 Å². The molecule has 2 N–H and O–H groups in total. The zero-order valence-corrected chi connectivity index (χ0v) is 13.1. The van der Waals surface area contributed by atoms with Crippen LogP contribution in [0.25, 0.3) is 11.3 Å². The predicted octanol–water partition coefficient (Wildman–Crippen LogP) is 1.68. The van der Waals surface area contributed by atoms with Crippen LogP contribution in [0.1, 0.15) is 22.5 Å². The van der Waals surface area contributed by atoms with E-state index >= 15 is 0 Å². The van der Waals surface area contributed by atoms with Crippen molar-refractivity contribution in [3.05, 3.63) is 35.0 Å². The third kappa shape index (κ3) is 3.21. The number of primary amides is 1. The summed E-state index contributed by atoms with van der Waals surface area (Å²) < 4.78 is 16.9. The first-order valence-corrected chi connectivity index (χ1v) is 8.00. The quantitative estimate of drug-likeness (QED) is 0.925. The van der Waals surface area contributed by atoms with Gasteiger partial charge in [0.15, 0.2) is 0 Å². The average molecular weight is 334 g/mol. The van der Waals surface area contributed by atoms with Gasteiger partial charge in [0.1, 0.15) is 16.4 Å². The van der Waals surface area contributed by atoms with Crippen molar-refractivity contribution in [2.24, 2.45) is 11.7 Å². The number of hydrogen-bond donors (Lipinski definition) is 1. The molecule has 1 aromatic carbocycles. The summed E-state index contributed by atoms with van der Waals surface area (Å²) in [5.41, 5.74) is 6.41. The molecule has 1 aliphatic rings. The fraction of sp³-hybridized carbons (Fsp3) is 0.333. The molecule has 1 fully saturated rings. The fourth-order valence-electron chi connectivity index (χ4n) is 2.64. The van der Waals surface area contributed by atoms with E-state index in [1.165, 1.54) is 12.1 Å². The SMILES string of the molecule is NC(=O)C1CCN(C(=O)c2snnc2-c2ccc(F)cc2)CC1. The summed E-state index contributed by atoms with van der Waals surface area (Å²) in [6, 6.07) is 5.78. The van der Waals surface area contributed by atoms with E-state index in [0.717, 1.165) is 11.5 Å². The largest absolute Gasteiger partial charge is 0.369 e. The molecule has 2 amide bonds. The Kier molecular flexibility index (Phi) is 4.33. The van der Waals surface area contributed by atoms with Gasteiger partial charge in [0, 0.05) is 24.6 Å². The molecule has 0 atom stereocenters. The lowest BCUT2D eigenvalue weighted by molar-refractivity contribution is -0.123. The van der Waals surface area contributed by atoms with Crippen molar-refractivity contribution in [2.75, 3.05) is 13.1 Å². The lowest BCUT2D eigenvalue weighted by Crippen LogP contribution is -2.41. The van der Waals surface area contributed by atoms with Crippen molar-refractivity contribution in [3.8, 4) is 11.3 Å². The van der Waals surface area contributed by atoms with Crippen LogP contribution in [0.3, 0.4) is 0 Å². The Balaban J connectivity index is 1.78. The zero-order chi connectivity index (χ0) is 16.4. The minimum atomic E-state index is -0.349. The van der Waals surface area contributed by atoms with Gasteiger partial charge in [-0.3, -0.25) is 9.59 Å². The number of benzene rings is 1. The van der Waals surface area contributed by atoms with Crippen molar-refractivity contribution in [3.63, 3.8) is 0 Å². The van der Waals surface area contributed by atoms with E-state index in [-0.39, 0.29) is 23.5 Å². The van der Waals surface area contributed by atoms with E-state index in [2.05, 4.69) is 9.59 Å². The number of nitrogens with two attached hydrogens (primary N) is 1. The normalized spacial score (nSPS) is 15.6. The minimum Gasteiger partial charge on any atom is -0.369 e. The van der Waals surface area contributed by atoms with Gasteiger partial charge in [-0.05, 0) is 48.6 Å². The number of rotatable bonds is 3. The summed E-state index contributed by atoms with van der Waals surface area (Å²) >= 11 is 1.02. The van der Waals surface area contributed by atoms with Crippen molar-refractivity contribution in [1.82, 2.24) is 14.5 Å². The predicted molar refractivity (Wildman–Crippen MR) is 83.1 cm³/mol. The molecule has 0 spiro atoms. The Labute approximate surface area is 136 Å². The van der Waals surface area contributed by atoms with Gasteiger partial charge in [-0.15, -0.1) is 5.10 Å². The Hall–Kier alpha value is -2.35. The summed E-state index contributed by atoms with van der Waals surface area (Å²) in [5, 5.41) is 4.00. The molecular weight excluding hydrogens is 319 g/mol. The van der Waals surface area contributed by atoms with Crippen LogP contribution in [-0.4, -0.2) is 39.4 Å². The van der Waals surface area contributed by atoms with Gasteiger partial charge >= 0.3 is 0 Å². The van der Waals surface area contributed by atoms with E-state index in [1.54, 1.807) is 17.0 Å². The molecule has 3 rings (SSSR count). The highest BCUT2D eigenvalue weighted by atomic mass is 32.1. The average Bonchev–Trinajstić information content (AvgIpc) is 3.04. The van der Waals surface area contributed by atoms with Crippen LogP contribution in [0.15, 0.2) is 24.3 Å². The Morgan fingerprint density at radius 2 is 1.87 bits per heavy atom. The highest BCUT2D eigenvalue weighted by Gasteiger charge is 2.29. The molecule has 8 heteroatoms. The first-order chi connectivity index (χ1) is 11.1. The monoisotopic (exact) mass is 334 g/mol. The van der Waals surface area contributed by atoms with Gasteiger partial charge in [-0.25, -0.2) is 4.39 Å². The van der Waals surface area contributed by atoms with Gasteiger partial charge in [-0.1, -0.05) is 4.49 Å². The highest BCUT2D eigenvalue weighted by Crippen LogP contribution is 2.27. The molecule has 2 aromatic rings. The molecular formula is C15H15FN4O2S. The number of piperidine rings is 1. The van der Waals surface area contributed by atoms with E-state index in [1.807, 2.05) is 0 Å². The van der Waals surface area contributed by atoms with Gasteiger partial charge in [0.25, 0.3) is 5.91 Å². The zero-order valence-electron chi connectivity index (χ0n) is 12.2. The lowest BCUT2D eigenvalue weighted by Gasteiger charge is -2.30. The molecule has 0 saturated carbocycles. The molecule has 6 nitrogen and oxygen atoms in total. The smallest absolute Gasteiger partial charge is 0.267 e. The molecule has 1 aliphatic heterocycles. The van der Waals surface area contributed by atoms with Crippen LogP contribution in [-0.2, 0) is 4.79 Å². The van der Waals surface area contributed by atoms with E-state index in [9.17, 15) is 14.0 Å². The van der Waals surface area contributed by atoms with Crippen LogP contribution in [0.4, 0.5) is 4.39 Å². The maximum Gasteiger partial charge on any atom is 0.267 e. The van der Waals surface area contributed by atoms with E-state index < -0.39 is 0 Å². The first kappa shape index (κ1) is 15.5. The summed E-state index contributed by atoms with van der Waals surface area (Å²) in [5.74, 6) is -1.00. The number of carbonyl (C=O) groups excluding carboxylic acids is 2. The van der Waals surface area contributed by atoms with Crippen molar-refractivity contribution in [1.29, 1.82) is 0 Å². The van der Waals surface area contributed by atoms with Crippen molar-refractivity contribution >= 4 is 23.3 Å². The second kappa shape index (κ2) is 6.41. The number of hydrogen-bond acceptors (Lipinski definition) is 5. The molecule has 1 saturated heterocycles. The number of nitrogens with zero attached hydrogens (tertiary/aromatic N) is 3. The van der Waals surface area contributed by atoms with Crippen LogP contribution in [0, 0.1) is 11.7 Å². The molecule has 1 aromatic heterocycles. The summed E-state index contributed by atoms with van der Waals surface area (Å²) in [7, 11) is 0. The number of likely N-dealkylation sites (tertiary alicyclic amines) is 1. The Morgan fingerprint density at radius 1 is 1.22 bits per heavy atom. The van der Waals surface area contributed by atoms with Gasteiger partial charge in [0.2, 0.25) is 5.91 Å². The maximum absolute atomic E-state index is 13.0. The Morgan fingerprint density at radius 3 is 2.48 bits per heavy atom. The maximum atomic E-state index is 13.0. The minimum absolute atomic E-state index is 0.165. The summed E-state index contributed by atoms with van der Waals surface area (Å²) in [4.78, 5) is 26.0. The van der Waals surface area contributed by atoms with Gasteiger partial charge < -0.3 is 10.6 Å². The van der Waals surface area contributed by atoms with Crippen LogP contribution >= 0.6 is 11.5 Å². The van der Waals surface area contributed by atoms with Crippen molar-refractivity contribution < 1.29 is 14.0 Å². The third-order valence-electron chi connectivity index (χ3n) is 3.98. The molecule has 120 valence electrons. The molecule has 2 heterocycles. The van der Waals surface area contributed by atoms with E-state index in [4.69, 9.17) is 5.73 Å². The Bertz CT molecular complexity index is 723. The molecule has 0 radical (unpaired) electrons. The standard InChI is InChI=1S/C15H15FN4O2S/c16-11-3-1-9(2-4-11)12-13(23-19-18-12)15(22)20-7-5-10(6-8-20)14(17)21/h1-4,10H,5-8H2,(H2,17,21). The summed E-state index contributed by atoms with van der Waals surface area (Å²) in [6.45, 7) is 0.959. The highest BCUT2D eigenvalue weighted by molar-refractivity contribution is 7.08. The second-order valence-corrected chi connectivity index (χ2v) is 6.18.